The Balaban J connectivity index is 1.40. The van der Waals surface area contributed by atoms with Crippen molar-refractivity contribution in [3.05, 3.63) is 65.7 Å². The highest BCUT2D eigenvalue weighted by molar-refractivity contribution is 7.89. The maximum atomic E-state index is 12.6. The second-order valence-electron chi connectivity index (χ2n) is 6.91. The molecular formula is C21H28N2O3S. The summed E-state index contributed by atoms with van der Waals surface area (Å²) in [5.74, 6) is 1.09. The molecule has 6 heteroatoms. The van der Waals surface area contributed by atoms with Crippen molar-refractivity contribution in [3.63, 3.8) is 0 Å². The number of nitrogens with zero attached hydrogens (tertiary/aromatic N) is 2. The van der Waals surface area contributed by atoms with E-state index in [0.717, 1.165) is 36.5 Å². The van der Waals surface area contributed by atoms with E-state index in [-0.39, 0.29) is 5.75 Å². The van der Waals surface area contributed by atoms with Crippen LogP contribution in [0.25, 0.3) is 0 Å². The number of para-hydroxylation sites is 1. The summed E-state index contributed by atoms with van der Waals surface area (Å²) in [4.78, 5) is 2.27. The number of sulfonamides is 1. The molecule has 0 radical (unpaired) electrons. The second kappa shape index (κ2) is 9.35. The fourth-order valence-electron chi connectivity index (χ4n) is 3.25. The van der Waals surface area contributed by atoms with Gasteiger partial charge in [-0.1, -0.05) is 48.5 Å². The van der Waals surface area contributed by atoms with Crippen molar-refractivity contribution < 1.29 is 13.2 Å². The molecule has 2 aromatic carbocycles. The molecule has 1 fully saturated rings. The average molecular weight is 389 g/mol. The largest absolute Gasteiger partial charge is 0.492 e. The van der Waals surface area contributed by atoms with Crippen LogP contribution in [0, 0.1) is 6.92 Å². The predicted molar refractivity (Wildman–Crippen MR) is 109 cm³/mol. The average Bonchev–Trinajstić information content (AvgIpc) is 2.69. The number of benzene rings is 2. The van der Waals surface area contributed by atoms with Crippen LogP contribution in [0.4, 0.5) is 0 Å². The molecule has 0 N–H and O–H groups in total. The van der Waals surface area contributed by atoms with Crippen LogP contribution in [-0.4, -0.2) is 62.7 Å². The minimum atomic E-state index is -3.20. The van der Waals surface area contributed by atoms with E-state index in [1.54, 1.807) is 4.31 Å². The van der Waals surface area contributed by atoms with Crippen LogP contribution < -0.4 is 4.74 Å². The Hall–Kier alpha value is -1.89. The fourth-order valence-corrected chi connectivity index (χ4v) is 4.73. The van der Waals surface area contributed by atoms with Crippen LogP contribution in [0.5, 0.6) is 5.75 Å². The Labute approximate surface area is 162 Å². The molecule has 146 valence electrons. The molecule has 0 unspecified atom stereocenters. The molecule has 0 atom stereocenters. The highest BCUT2D eigenvalue weighted by atomic mass is 32.2. The van der Waals surface area contributed by atoms with Gasteiger partial charge >= 0.3 is 0 Å². The smallest absolute Gasteiger partial charge is 0.214 e. The lowest BCUT2D eigenvalue weighted by molar-refractivity contribution is 0.158. The van der Waals surface area contributed by atoms with Crippen molar-refractivity contribution in [1.82, 2.24) is 9.21 Å². The zero-order chi connectivity index (χ0) is 19.1. The molecule has 0 aliphatic carbocycles. The highest BCUT2D eigenvalue weighted by Gasteiger charge is 2.26. The number of piperazine rings is 1. The lowest BCUT2D eigenvalue weighted by atomic mass is 10.2. The molecule has 27 heavy (non-hydrogen) atoms. The zero-order valence-electron chi connectivity index (χ0n) is 15.9. The van der Waals surface area contributed by atoms with Crippen molar-refractivity contribution in [3.8, 4) is 5.75 Å². The number of aryl methyl sites for hydroxylation is 2. The molecule has 3 rings (SSSR count). The van der Waals surface area contributed by atoms with Gasteiger partial charge in [-0.25, -0.2) is 8.42 Å². The first-order chi connectivity index (χ1) is 13.0. The summed E-state index contributed by atoms with van der Waals surface area (Å²) >= 11 is 0. The maximum Gasteiger partial charge on any atom is 0.214 e. The van der Waals surface area contributed by atoms with E-state index in [2.05, 4.69) is 4.90 Å². The van der Waals surface area contributed by atoms with Crippen molar-refractivity contribution in [2.24, 2.45) is 0 Å². The van der Waals surface area contributed by atoms with Gasteiger partial charge in [-0.3, -0.25) is 4.90 Å². The molecule has 0 spiro atoms. The minimum Gasteiger partial charge on any atom is -0.492 e. The van der Waals surface area contributed by atoms with Crippen molar-refractivity contribution in [2.75, 3.05) is 45.1 Å². The van der Waals surface area contributed by atoms with Crippen LogP contribution in [0.15, 0.2) is 54.6 Å². The number of ether oxygens (including phenoxy) is 1. The minimum absolute atomic E-state index is 0.174. The molecule has 0 aromatic heterocycles. The first-order valence-corrected chi connectivity index (χ1v) is 11.1. The van der Waals surface area contributed by atoms with E-state index in [1.807, 2.05) is 61.5 Å². The lowest BCUT2D eigenvalue weighted by Gasteiger charge is -2.33. The molecular weight excluding hydrogens is 360 g/mol. The summed E-state index contributed by atoms with van der Waals surface area (Å²) in [5.41, 5.74) is 2.19. The maximum absolute atomic E-state index is 12.6. The standard InChI is InChI=1S/C21H28N2O3S/c1-19-7-5-6-10-21(19)26-17-16-22-12-14-23(15-13-22)27(24,25)18-11-20-8-3-2-4-9-20/h2-10H,11-18H2,1H3. The van der Waals surface area contributed by atoms with Crippen molar-refractivity contribution in [2.45, 2.75) is 13.3 Å². The summed E-state index contributed by atoms with van der Waals surface area (Å²) in [5, 5.41) is 0. The molecule has 2 aromatic rings. The van der Waals surface area contributed by atoms with Crippen LogP contribution in [0.1, 0.15) is 11.1 Å². The first-order valence-electron chi connectivity index (χ1n) is 9.47. The van der Waals surface area contributed by atoms with E-state index in [0.29, 0.717) is 26.1 Å². The van der Waals surface area contributed by atoms with Gasteiger partial charge in [0.15, 0.2) is 0 Å². The summed E-state index contributed by atoms with van der Waals surface area (Å²) in [6.45, 7) is 6.08. The lowest BCUT2D eigenvalue weighted by Crippen LogP contribution is -2.50. The number of hydrogen-bond donors (Lipinski definition) is 0. The summed E-state index contributed by atoms with van der Waals surface area (Å²) in [6.07, 6.45) is 0.563. The Bertz CT molecular complexity index is 816. The van der Waals surface area contributed by atoms with E-state index in [1.165, 1.54) is 0 Å². The molecule has 0 amide bonds. The van der Waals surface area contributed by atoms with Crippen LogP contribution in [0.2, 0.25) is 0 Å². The van der Waals surface area contributed by atoms with E-state index >= 15 is 0 Å². The van der Waals surface area contributed by atoms with E-state index in [9.17, 15) is 8.42 Å². The molecule has 0 saturated carbocycles. The Morgan fingerprint density at radius 2 is 1.59 bits per heavy atom. The van der Waals surface area contributed by atoms with Gasteiger partial charge in [0.2, 0.25) is 10.0 Å². The molecule has 1 heterocycles. The Kier molecular flexibility index (Phi) is 6.88. The van der Waals surface area contributed by atoms with Gasteiger partial charge in [-0.05, 0) is 30.5 Å². The monoisotopic (exact) mass is 388 g/mol. The fraction of sp³-hybridized carbons (Fsp3) is 0.429. The molecule has 1 aliphatic heterocycles. The molecule has 1 saturated heterocycles. The number of rotatable bonds is 8. The van der Waals surface area contributed by atoms with E-state index in [4.69, 9.17) is 4.74 Å². The summed E-state index contributed by atoms with van der Waals surface area (Å²) in [7, 11) is -3.20. The van der Waals surface area contributed by atoms with Gasteiger partial charge in [0.1, 0.15) is 12.4 Å². The van der Waals surface area contributed by atoms with Gasteiger partial charge in [0, 0.05) is 32.7 Å². The van der Waals surface area contributed by atoms with Gasteiger partial charge in [-0.2, -0.15) is 4.31 Å². The topological polar surface area (TPSA) is 49.9 Å². The second-order valence-corrected chi connectivity index (χ2v) is 8.99. The van der Waals surface area contributed by atoms with Crippen LogP contribution >= 0.6 is 0 Å². The quantitative estimate of drug-likeness (QED) is 0.697. The van der Waals surface area contributed by atoms with Gasteiger partial charge in [0.05, 0.1) is 5.75 Å². The summed E-state index contributed by atoms with van der Waals surface area (Å²) < 4.78 is 32.7. The Morgan fingerprint density at radius 1 is 0.926 bits per heavy atom. The zero-order valence-corrected chi connectivity index (χ0v) is 16.7. The van der Waals surface area contributed by atoms with Gasteiger partial charge in [0.25, 0.3) is 0 Å². The van der Waals surface area contributed by atoms with E-state index < -0.39 is 10.0 Å². The molecule has 1 aliphatic rings. The summed E-state index contributed by atoms with van der Waals surface area (Å²) in [6, 6.07) is 17.8. The van der Waals surface area contributed by atoms with Crippen molar-refractivity contribution in [1.29, 1.82) is 0 Å². The Morgan fingerprint density at radius 3 is 2.30 bits per heavy atom. The van der Waals surface area contributed by atoms with Gasteiger partial charge < -0.3 is 4.74 Å². The molecule has 0 bridgehead atoms. The SMILES string of the molecule is Cc1ccccc1OCCN1CCN(S(=O)(=O)CCc2ccccc2)CC1. The number of hydrogen-bond acceptors (Lipinski definition) is 4. The third kappa shape index (κ3) is 5.79. The van der Waals surface area contributed by atoms with Crippen molar-refractivity contribution >= 4 is 10.0 Å². The van der Waals surface area contributed by atoms with Gasteiger partial charge in [-0.15, -0.1) is 0 Å². The first kappa shape index (κ1) is 19.9. The normalized spacial score (nSPS) is 16.3. The highest BCUT2D eigenvalue weighted by Crippen LogP contribution is 2.16. The van der Waals surface area contributed by atoms with Crippen LogP contribution in [0.3, 0.4) is 0 Å². The third-order valence-electron chi connectivity index (χ3n) is 4.97. The van der Waals surface area contributed by atoms with Crippen LogP contribution in [-0.2, 0) is 16.4 Å². The predicted octanol–water partition coefficient (Wildman–Crippen LogP) is 2.56. The molecule has 5 nitrogen and oxygen atoms in total. The third-order valence-corrected chi connectivity index (χ3v) is 6.85.